The molecule has 3 aromatic rings. The molecule has 1 unspecified atom stereocenters. The zero-order valence-electron chi connectivity index (χ0n) is 26.9. The maximum atomic E-state index is 13.2. The van der Waals surface area contributed by atoms with Crippen LogP contribution in [0, 0.1) is 0 Å². The van der Waals surface area contributed by atoms with Gasteiger partial charge in [0.1, 0.15) is 29.3 Å². The number of halogens is 5. The van der Waals surface area contributed by atoms with Crippen LogP contribution in [0.3, 0.4) is 0 Å². The van der Waals surface area contributed by atoms with Gasteiger partial charge in [0.15, 0.2) is 0 Å². The van der Waals surface area contributed by atoms with Gasteiger partial charge in [-0.2, -0.15) is 5.09 Å². The number of carbonyl (C=O) groups is 2. The first-order chi connectivity index (χ1) is 21.8. The van der Waals surface area contributed by atoms with Crippen molar-refractivity contribution >= 4 is 83.8 Å². The van der Waals surface area contributed by atoms with Crippen LogP contribution in [0.25, 0.3) is 0 Å². The number of ether oxygens (including phenoxy) is 2. The maximum Gasteiger partial charge on any atom is 0.513 e. The molecule has 18 heteroatoms. The van der Waals surface area contributed by atoms with E-state index in [9.17, 15) is 18.7 Å². The summed E-state index contributed by atoms with van der Waals surface area (Å²) in [6, 6.07) is 19.7. The number of esters is 2. The SMILES string of the molecule is CC(C)OC(=O)[C@H](C)N.CC(C)OC(=O)[C@H](C)NP(=O)(Oc1ccccc1)Oc1ccc(Cl)cc1.Cl.O=P(Cl)(Cl)Oc1ccc(Cl)cc1. The first-order valence-corrected chi connectivity index (χ1v) is 19.7. The highest BCUT2D eigenvalue weighted by Crippen LogP contribution is 2.57. The van der Waals surface area contributed by atoms with Crippen molar-refractivity contribution in [3.05, 3.63) is 88.9 Å². The van der Waals surface area contributed by atoms with Crippen molar-refractivity contribution in [3.63, 3.8) is 0 Å². The molecular formula is C30H39Cl5N2O9P2. The van der Waals surface area contributed by atoms with Crippen LogP contribution in [0.15, 0.2) is 78.9 Å². The van der Waals surface area contributed by atoms with Crippen molar-refractivity contribution in [2.24, 2.45) is 5.73 Å². The van der Waals surface area contributed by atoms with Crippen LogP contribution in [0.2, 0.25) is 10.0 Å². The molecule has 0 aromatic heterocycles. The van der Waals surface area contributed by atoms with Crippen LogP contribution >= 0.6 is 71.9 Å². The molecule has 0 saturated heterocycles. The molecule has 3 rings (SSSR count). The van der Waals surface area contributed by atoms with Crippen molar-refractivity contribution in [1.29, 1.82) is 0 Å². The molecule has 268 valence electrons. The van der Waals surface area contributed by atoms with E-state index in [1.807, 2.05) is 0 Å². The van der Waals surface area contributed by atoms with Gasteiger partial charge in [0, 0.05) is 32.5 Å². The molecular weight excluding hydrogens is 772 g/mol. The summed E-state index contributed by atoms with van der Waals surface area (Å²) in [7, 11) is -3.93. The number of benzene rings is 3. The van der Waals surface area contributed by atoms with Gasteiger partial charge in [0.05, 0.1) is 12.2 Å². The van der Waals surface area contributed by atoms with Crippen LogP contribution in [0.5, 0.6) is 17.2 Å². The molecule has 0 aliphatic rings. The predicted molar refractivity (Wildman–Crippen MR) is 194 cm³/mol. The lowest BCUT2D eigenvalue weighted by Crippen LogP contribution is -2.36. The van der Waals surface area contributed by atoms with Gasteiger partial charge in [-0.15, -0.1) is 12.4 Å². The Bertz CT molecular complexity index is 1480. The number of hydrogen-bond acceptors (Lipinski definition) is 10. The lowest BCUT2D eigenvalue weighted by atomic mass is 10.3. The fourth-order valence-electron chi connectivity index (χ4n) is 2.91. The highest BCUT2D eigenvalue weighted by atomic mass is 35.9. The Morgan fingerprint density at radius 3 is 1.38 bits per heavy atom. The first-order valence-electron chi connectivity index (χ1n) is 14.0. The second kappa shape index (κ2) is 22.5. The van der Waals surface area contributed by atoms with Crippen LogP contribution in [0.1, 0.15) is 41.5 Å². The van der Waals surface area contributed by atoms with Crippen molar-refractivity contribution in [2.45, 2.75) is 65.8 Å². The Balaban J connectivity index is 0.000000830. The average Bonchev–Trinajstić information content (AvgIpc) is 2.95. The molecule has 0 radical (unpaired) electrons. The monoisotopic (exact) mass is 808 g/mol. The topological polar surface area (TPSA) is 152 Å². The van der Waals surface area contributed by atoms with Gasteiger partial charge in [0.25, 0.3) is 0 Å². The van der Waals surface area contributed by atoms with Gasteiger partial charge in [-0.3, -0.25) is 9.59 Å². The fraction of sp³-hybridized carbons (Fsp3) is 0.333. The number of carbonyl (C=O) groups excluding carboxylic acids is 2. The molecule has 3 atom stereocenters. The van der Waals surface area contributed by atoms with E-state index in [4.69, 9.17) is 69.9 Å². The smallest absolute Gasteiger partial charge is 0.462 e. The fourth-order valence-corrected chi connectivity index (χ4v) is 5.53. The highest BCUT2D eigenvalue weighted by Gasteiger charge is 2.34. The number of para-hydroxylation sites is 1. The second-order valence-electron chi connectivity index (χ2n) is 10.0. The molecule has 0 saturated carbocycles. The number of rotatable bonds is 12. The standard InChI is InChI=1S/C18H21ClNO5P.C6H4Cl3O2P.C6H13NO2.ClH/c1-13(2)23-18(21)14(3)20-26(22,24-16-7-5-4-6-8-16)25-17-11-9-15(19)10-12-17;7-5-1-3-6(4-2-5)11-12(8,9)10;1-4(2)9-6(8)5(3)7;/h4-14H,1-3H3,(H,20,22);1-4H;4-5H,7H2,1-3H3;1H/t14-,26?;;5-;/m0.0./s1. The third kappa shape index (κ3) is 21.0. The predicted octanol–water partition coefficient (Wildman–Crippen LogP) is 9.85. The van der Waals surface area contributed by atoms with Gasteiger partial charge in [0.2, 0.25) is 0 Å². The molecule has 3 aromatic carbocycles. The molecule has 11 nitrogen and oxygen atoms in total. The van der Waals surface area contributed by atoms with E-state index in [0.717, 1.165) is 0 Å². The zero-order chi connectivity index (χ0) is 35.8. The van der Waals surface area contributed by atoms with Gasteiger partial charge < -0.3 is 28.8 Å². The Labute approximate surface area is 307 Å². The Morgan fingerprint density at radius 1 is 0.646 bits per heavy atom. The maximum absolute atomic E-state index is 13.2. The van der Waals surface area contributed by atoms with E-state index in [1.165, 1.54) is 19.1 Å². The molecule has 0 amide bonds. The summed E-state index contributed by atoms with van der Waals surface area (Å²) < 4.78 is 49.6. The highest BCUT2D eigenvalue weighted by molar-refractivity contribution is 8.05. The van der Waals surface area contributed by atoms with Gasteiger partial charge in [-0.05, 0) is 102 Å². The number of nitrogens with two attached hydrogens (primary N) is 1. The van der Waals surface area contributed by atoms with E-state index < -0.39 is 31.9 Å². The summed E-state index contributed by atoms with van der Waals surface area (Å²) in [5, 5.41) is 3.68. The molecule has 48 heavy (non-hydrogen) atoms. The van der Waals surface area contributed by atoms with Crippen LogP contribution in [-0.2, 0) is 28.2 Å². The van der Waals surface area contributed by atoms with Crippen LogP contribution in [-0.4, -0.2) is 36.2 Å². The van der Waals surface area contributed by atoms with Crippen LogP contribution < -0.4 is 24.4 Å². The largest absolute Gasteiger partial charge is 0.513 e. The lowest BCUT2D eigenvalue weighted by Gasteiger charge is -2.23. The summed E-state index contributed by atoms with van der Waals surface area (Å²) >= 11 is 21.8. The van der Waals surface area contributed by atoms with E-state index >= 15 is 0 Å². The minimum atomic E-state index is -3.93. The quantitative estimate of drug-likeness (QED) is 0.133. The normalized spacial score (nSPS) is 13.1. The Kier molecular flexibility index (Phi) is 21.5. The molecule has 3 N–H and O–H groups in total. The van der Waals surface area contributed by atoms with Crippen molar-refractivity contribution in [3.8, 4) is 17.2 Å². The van der Waals surface area contributed by atoms with Gasteiger partial charge >= 0.3 is 25.8 Å². The number of hydrogen-bond donors (Lipinski definition) is 2. The summed E-state index contributed by atoms with van der Waals surface area (Å²) in [5.41, 5.74) is 5.21. The second-order valence-corrected chi connectivity index (χ2v) is 16.7. The molecule has 0 spiro atoms. The lowest BCUT2D eigenvalue weighted by molar-refractivity contribution is -0.149. The Morgan fingerprint density at radius 2 is 1.02 bits per heavy atom. The summed E-state index contributed by atoms with van der Waals surface area (Å²) in [4.78, 5) is 22.7. The van der Waals surface area contributed by atoms with Crippen molar-refractivity contribution < 1.29 is 41.8 Å². The minimum absolute atomic E-state index is 0. The summed E-state index contributed by atoms with van der Waals surface area (Å²) in [6.07, 6.45) is -3.86. The number of nitrogens with one attached hydrogen (secondary N) is 1. The zero-order valence-corrected chi connectivity index (χ0v) is 32.5. The minimum Gasteiger partial charge on any atom is -0.462 e. The molecule has 0 aliphatic heterocycles. The third-order valence-corrected chi connectivity index (χ3v) is 7.76. The molecule has 0 fully saturated rings. The third-order valence-electron chi connectivity index (χ3n) is 4.81. The molecule has 0 aliphatic carbocycles. The van der Waals surface area contributed by atoms with Crippen molar-refractivity contribution in [1.82, 2.24) is 5.09 Å². The molecule has 0 heterocycles. The summed E-state index contributed by atoms with van der Waals surface area (Å²) in [6.45, 7) is 10.2. The Hall–Kier alpha value is -2.17. The average molecular weight is 811 g/mol. The van der Waals surface area contributed by atoms with Gasteiger partial charge in [-0.1, -0.05) is 41.4 Å². The van der Waals surface area contributed by atoms with E-state index in [1.54, 1.807) is 101 Å². The first kappa shape index (κ1) is 45.8. The van der Waals surface area contributed by atoms with Gasteiger partial charge in [-0.25, -0.2) is 9.13 Å². The van der Waals surface area contributed by atoms with E-state index in [-0.39, 0.29) is 36.3 Å². The van der Waals surface area contributed by atoms with E-state index in [2.05, 4.69) is 9.61 Å². The van der Waals surface area contributed by atoms with E-state index in [0.29, 0.717) is 21.5 Å². The molecule has 0 bridgehead atoms. The van der Waals surface area contributed by atoms with Crippen LogP contribution in [0.4, 0.5) is 0 Å². The van der Waals surface area contributed by atoms with Crippen molar-refractivity contribution in [2.75, 3.05) is 0 Å². The summed E-state index contributed by atoms with van der Waals surface area (Å²) in [5.74, 6) is 0.0432.